The van der Waals surface area contributed by atoms with Gasteiger partial charge in [-0.05, 0) is 26.2 Å². The average Bonchev–Trinajstić information content (AvgIpc) is 2.63. The molecule has 0 aliphatic carbocycles. The van der Waals surface area contributed by atoms with E-state index < -0.39 is 17.6 Å². The topological polar surface area (TPSA) is 66.8 Å². The molecule has 0 bridgehead atoms. The van der Waals surface area contributed by atoms with Gasteiger partial charge in [-0.1, -0.05) is 6.92 Å². The predicted molar refractivity (Wildman–Crippen MR) is 58.1 cm³/mol. The molecular weight excluding hydrogens is 210 g/mol. The molecule has 0 radical (unpaired) electrons. The Morgan fingerprint density at radius 2 is 2.19 bits per heavy atom. The second-order valence-electron chi connectivity index (χ2n) is 4.31. The summed E-state index contributed by atoms with van der Waals surface area (Å²) in [6, 6.07) is 0. The number of methoxy groups -OCH3 is 1. The fourth-order valence-electron chi connectivity index (χ4n) is 2.15. The second-order valence-corrected chi connectivity index (χ2v) is 4.31. The molecule has 1 N–H and O–H groups in total. The zero-order chi connectivity index (χ0) is 12.3. The molecule has 0 spiro atoms. The van der Waals surface area contributed by atoms with Crippen molar-refractivity contribution in [2.24, 2.45) is 0 Å². The van der Waals surface area contributed by atoms with Gasteiger partial charge < -0.3 is 14.7 Å². The molecule has 0 aromatic rings. The fourth-order valence-corrected chi connectivity index (χ4v) is 2.15. The molecule has 2 atom stereocenters. The van der Waals surface area contributed by atoms with Gasteiger partial charge >= 0.3 is 5.97 Å². The Kier molecular flexibility index (Phi) is 3.91. The average molecular weight is 229 g/mol. The predicted octanol–water partition coefficient (Wildman–Crippen LogP) is 0.877. The molecule has 1 aliphatic heterocycles. The van der Waals surface area contributed by atoms with E-state index in [0.717, 1.165) is 6.42 Å². The lowest BCUT2D eigenvalue weighted by atomic mass is 9.98. The summed E-state index contributed by atoms with van der Waals surface area (Å²) in [5, 5.41) is 9.18. The molecule has 0 aromatic carbocycles. The van der Waals surface area contributed by atoms with Crippen LogP contribution in [0, 0.1) is 0 Å². The maximum absolute atomic E-state index is 12.1. The van der Waals surface area contributed by atoms with Crippen molar-refractivity contribution in [1.29, 1.82) is 0 Å². The maximum Gasteiger partial charge on any atom is 0.329 e. The van der Waals surface area contributed by atoms with Gasteiger partial charge in [-0.15, -0.1) is 0 Å². The van der Waals surface area contributed by atoms with E-state index in [0.29, 0.717) is 19.4 Å². The van der Waals surface area contributed by atoms with Crippen molar-refractivity contribution in [3.63, 3.8) is 0 Å². The standard InChI is InChI=1S/C11H19NO4/c1-4-8(16-3)9(13)12-7-5-6-11(12,2)10(14)15/h8H,4-7H2,1-3H3,(H,14,15). The van der Waals surface area contributed by atoms with E-state index in [1.54, 1.807) is 6.92 Å². The summed E-state index contributed by atoms with van der Waals surface area (Å²) in [5.74, 6) is -1.16. The Hall–Kier alpha value is -1.10. The number of aliphatic carboxylic acids is 1. The Morgan fingerprint density at radius 3 is 2.62 bits per heavy atom. The summed E-state index contributed by atoms with van der Waals surface area (Å²) in [7, 11) is 1.47. The molecule has 92 valence electrons. The zero-order valence-electron chi connectivity index (χ0n) is 10.0. The summed E-state index contributed by atoms with van der Waals surface area (Å²) in [4.78, 5) is 24.7. The van der Waals surface area contributed by atoms with Crippen molar-refractivity contribution in [1.82, 2.24) is 4.90 Å². The van der Waals surface area contributed by atoms with Gasteiger partial charge in [0, 0.05) is 13.7 Å². The number of nitrogens with zero attached hydrogens (tertiary/aromatic N) is 1. The Bertz CT molecular complexity index is 288. The highest BCUT2D eigenvalue weighted by atomic mass is 16.5. The minimum absolute atomic E-state index is 0.215. The van der Waals surface area contributed by atoms with E-state index in [9.17, 15) is 14.7 Å². The molecule has 0 saturated carbocycles. The molecule has 5 nitrogen and oxygen atoms in total. The third-order valence-electron chi connectivity index (χ3n) is 3.30. The van der Waals surface area contributed by atoms with Crippen LogP contribution >= 0.6 is 0 Å². The van der Waals surface area contributed by atoms with Crippen molar-refractivity contribution < 1.29 is 19.4 Å². The minimum Gasteiger partial charge on any atom is -0.480 e. The minimum atomic E-state index is -1.07. The molecule has 5 heteroatoms. The SMILES string of the molecule is CCC(OC)C(=O)N1CCCC1(C)C(=O)O. The van der Waals surface area contributed by atoms with Gasteiger partial charge in [-0.25, -0.2) is 4.79 Å². The molecule has 0 aromatic heterocycles. The highest BCUT2D eigenvalue weighted by Gasteiger charge is 2.47. The van der Waals surface area contributed by atoms with Gasteiger partial charge in [0.2, 0.25) is 0 Å². The highest BCUT2D eigenvalue weighted by Crippen LogP contribution is 2.30. The number of hydrogen-bond donors (Lipinski definition) is 1. The number of rotatable bonds is 4. The number of carboxylic acids is 1. The zero-order valence-corrected chi connectivity index (χ0v) is 10.0. The van der Waals surface area contributed by atoms with Gasteiger partial charge in [0.1, 0.15) is 11.6 Å². The quantitative estimate of drug-likeness (QED) is 0.777. The van der Waals surface area contributed by atoms with Crippen molar-refractivity contribution >= 4 is 11.9 Å². The van der Waals surface area contributed by atoms with Crippen molar-refractivity contribution in [3.8, 4) is 0 Å². The Balaban J connectivity index is 2.87. The third kappa shape index (κ3) is 2.04. The van der Waals surface area contributed by atoms with Crippen LogP contribution in [0.15, 0.2) is 0 Å². The first-order valence-electron chi connectivity index (χ1n) is 5.55. The third-order valence-corrected chi connectivity index (χ3v) is 3.30. The lowest BCUT2D eigenvalue weighted by molar-refractivity contribution is -0.159. The highest BCUT2D eigenvalue weighted by molar-refractivity contribution is 5.89. The van der Waals surface area contributed by atoms with Gasteiger partial charge in [-0.2, -0.15) is 0 Å². The molecule has 16 heavy (non-hydrogen) atoms. The molecular formula is C11H19NO4. The van der Waals surface area contributed by atoms with Crippen LogP contribution in [-0.4, -0.2) is 47.2 Å². The van der Waals surface area contributed by atoms with E-state index in [1.165, 1.54) is 12.0 Å². The van der Waals surface area contributed by atoms with Gasteiger partial charge in [0.05, 0.1) is 0 Å². The lowest BCUT2D eigenvalue weighted by Crippen LogP contribution is -2.53. The van der Waals surface area contributed by atoms with E-state index in [4.69, 9.17) is 4.74 Å². The van der Waals surface area contributed by atoms with Crippen LogP contribution in [0.2, 0.25) is 0 Å². The normalized spacial score (nSPS) is 26.8. The van der Waals surface area contributed by atoms with Crippen molar-refractivity contribution in [2.45, 2.75) is 44.8 Å². The lowest BCUT2D eigenvalue weighted by Gasteiger charge is -2.33. The summed E-state index contributed by atoms with van der Waals surface area (Å²) in [6.07, 6.45) is 1.27. The second kappa shape index (κ2) is 4.82. The molecule has 1 amide bonds. The molecule has 1 heterocycles. The van der Waals surface area contributed by atoms with Crippen LogP contribution in [0.3, 0.4) is 0 Å². The van der Waals surface area contributed by atoms with E-state index in [1.807, 2.05) is 6.92 Å². The summed E-state index contributed by atoms with van der Waals surface area (Å²) >= 11 is 0. The van der Waals surface area contributed by atoms with Crippen LogP contribution in [0.5, 0.6) is 0 Å². The van der Waals surface area contributed by atoms with Crippen molar-refractivity contribution in [3.05, 3.63) is 0 Å². The fraction of sp³-hybridized carbons (Fsp3) is 0.818. The Morgan fingerprint density at radius 1 is 1.56 bits per heavy atom. The number of hydrogen-bond acceptors (Lipinski definition) is 3. The number of likely N-dealkylation sites (tertiary alicyclic amines) is 1. The van der Waals surface area contributed by atoms with E-state index in [-0.39, 0.29) is 5.91 Å². The van der Waals surface area contributed by atoms with Crippen LogP contribution < -0.4 is 0 Å². The maximum atomic E-state index is 12.1. The summed E-state index contributed by atoms with van der Waals surface area (Å²) in [5.41, 5.74) is -1.07. The number of ether oxygens (including phenoxy) is 1. The van der Waals surface area contributed by atoms with Gasteiger partial charge in [-0.3, -0.25) is 4.79 Å². The molecule has 1 fully saturated rings. The first-order chi connectivity index (χ1) is 7.47. The van der Waals surface area contributed by atoms with Crippen LogP contribution in [0.4, 0.5) is 0 Å². The van der Waals surface area contributed by atoms with Crippen LogP contribution in [0.25, 0.3) is 0 Å². The molecule has 1 aliphatic rings. The number of carbonyl (C=O) groups is 2. The monoisotopic (exact) mass is 229 g/mol. The van der Waals surface area contributed by atoms with Gasteiger partial charge in [0.15, 0.2) is 0 Å². The van der Waals surface area contributed by atoms with Gasteiger partial charge in [0.25, 0.3) is 5.91 Å². The van der Waals surface area contributed by atoms with Crippen molar-refractivity contribution in [2.75, 3.05) is 13.7 Å². The van der Waals surface area contributed by atoms with Crippen LogP contribution in [-0.2, 0) is 14.3 Å². The largest absolute Gasteiger partial charge is 0.480 e. The molecule has 1 saturated heterocycles. The number of amides is 1. The van der Waals surface area contributed by atoms with Crippen LogP contribution in [0.1, 0.15) is 33.1 Å². The molecule has 1 rings (SSSR count). The summed E-state index contributed by atoms with van der Waals surface area (Å²) < 4.78 is 5.06. The van der Waals surface area contributed by atoms with E-state index in [2.05, 4.69) is 0 Å². The molecule has 2 unspecified atom stereocenters. The first-order valence-corrected chi connectivity index (χ1v) is 5.55. The van der Waals surface area contributed by atoms with E-state index >= 15 is 0 Å². The number of carbonyl (C=O) groups excluding carboxylic acids is 1. The summed E-state index contributed by atoms with van der Waals surface area (Å²) in [6.45, 7) is 3.95. The number of carboxylic acid groups (broad SMARTS) is 1. The smallest absolute Gasteiger partial charge is 0.329 e. The first kappa shape index (κ1) is 13.0. The Labute approximate surface area is 95.4 Å².